The van der Waals surface area contributed by atoms with Crippen molar-refractivity contribution >= 4 is 44.8 Å². The molecule has 0 aliphatic carbocycles. The van der Waals surface area contributed by atoms with E-state index in [1.54, 1.807) is 6.92 Å². The van der Waals surface area contributed by atoms with E-state index in [1.165, 1.54) is 0 Å². The molecule has 1 N–H and O–H groups in total. The number of anilines is 1. The smallest absolute Gasteiger partial charge is 0.248 e. The van der Waals surface area contributed by atoms with Crippen molar-refractivity contribution in [2.45, 2.75) is 13.0 Å². The first kappa shape index (κ1) is 14.3. The number of nitrogens with one attached hydrogen (secondary N) is 1. The van der Waals surface area contributed by atoms with Gasteiger partial charge in [0.25, 0.3) is 0 Å². The molecule has 5 heteroatoms. The average Bonchev–Trinajstić information content (AvgIpc) is 2.58. The average molecular weight is 364 g/mol. The number of benzodiazepines with no additional fused rings is 1. The van der Waals surface area contributed by atoms with Crippen LogP contribution in [-0.2, 0) is 4.79 Å². The van der Waals surface area contributed by atoms with Crippen molar-refractivity contribution in [1.82, 2.24) is 0 Å². The van der Waals surface area contributed by atoms with Crippen LogP contribution in [0.4, 0.5) is 5.69 Å². The Hall–Kier alpha value is -1.65. The highest BCUT2D eigenvalue weighted by Crippen LogP contribution is 2.29. The first-order chi connectivity index (χ1) is 10.1. The standard InChI is InChI=1S/C16H12BrClN2O/c1-9-16(21)20-14-7-6-10(17)8-12(14)15(19-9)11-4-2-3-5-13(11)18/h2-9H,1H3,(H,20,21)/t9-/m1/s1. The summed E-state index contributed by atoms with van der Waals surface area (Å²) in [6, 6.07) is 12.7. The predicted octanol–water partition coefficient (Wildman–Crippen LogP) is 4.28. The number of aliphatic imine (C=N–C) groups is 1. The number of amides is 1. The fraction of sp³-hybridized carbons (Fsp3) is 0.125. The summed E-state index contributed by atoms with van der Waals surface area (Å²) >= 11 is 9.77. The van der Waals surface area contributed by atoms with Crippen molar-refractivity contribution in [3.63, 3.8) is 0 Å². The fourth-order valence-electron chi connectivity index (χ4n) is 2.25. The van der Waals surface area contributed by atoms with Gasteiger partial charge in [-0.1, -0.05) is 45.7 Å². The number of hydrogen-bond acceptors (Lipinski definition) is 2. The zero-order valence-corrected chi connectivity index (χ0v) is 13.6. The molecule has 1 aliphatic heterocycles. The number of rotatable bonds is 1. The monoisotopic (exact) mass is 362 g/mol. The number of fused-ring (bicyclic) bond motifs is 1. The minimum atomic E-state index is -0.470. The number of halogens is 2. The molecule has 2 aromatic carbocycles. The number of carbonyl (C=O) groups is 1. The Kier molecular flexibility index (Phi) is 3.83. The van der Waals surface area contributed by atoms with Crippen molar-refractivity contribution in [1.29, 1.82) is 0 Å². The van der Waals surface area contributed by atoms with Crippen LogP contribution in [0.1, 0.15) is 18.1 Å². The fourth-order valence-corrected chi connectivity index (χ4v) is 2.83. The molecular weight excluding hydrogens is 352 g/mol. The third kappa shape index (κ3) is 2.74. The lowest BCUT2D eigenvalue weighted by molar-refractivity contribution is -0.116. The molecule has 1 atom stereocenters. The third-order valence-corrected chi connectivity index (χ3v) is 4.15. The minimum absolute atomic E-state index is 0.124. The van der Waals surface area contributed by atoms with E-state index in [4.69, 9.17) is 11.6 Å². The number of benzene rings is 2. The predicted molar refractivity (Wildman–Crippen MR) is 89.3 cm³/mol. The van der Waals surface area contributed by atoms with Gasteiger partial charge >= 0.3 is 0 Å². The summed E-state index contributed by atoms with van der Waals surface area (Å²) in [5.74, 6) is -0.124. The van der Waals surface area contributed by atoms with Crippen molar-refractivity contribution in [2.75, 3.05) is 5.32 Å². The zero-order valence-electron chi connectivity index (χ0n) is 11.2. The van der Waals surface area contributed by atoms with Crippen molar-refractivity contribution < 1.29 is 4.79 Å². The Labute approximate surface area is 136 Å². The van der Waals surface area contributed by atoms with Gasteiger partial charge in [-0.3, -0.25) is 9.79 Å². The van der Waals surface area contributed by atoms with E-state index in [0.717, 1.165) is 27.0 Å². The SMILES string of the molecule is C[C@H]1N=C(c2ccccc2Cl)c2cc(Br)ccc2NC1=O. The van der Waals surface area contributed by atoms with E-state index in [1.807, 2.05) is 42.5 Å². The minimum Gasteiger partial charge on any atom is -0.324 e. The molecule has 0 aromatic heterocycles. The van der Waals surface area contributed by atoms with Crippen LogP contribution in [0.2, 0.25) is 5.02 Å². The normalized spacial score (nSPS) is 17.6. The molecule has 0 radical (unpaired) electrons. The molecule has 3 nitrogen and oxygen atoms in total. The second kappa shape index (κ2) is 5.62. The van der Waals surface area contributed by atoms with E-state index >= 15 is 0 Å². The summed E-state index contributed by atoms with van der Waals surface area (Å²) in [5, 5.41) is 3.52. The molecule has 0 saturated carbocycles. The Balaban J connectivity index is 2.27. The summed E-state index contributed by atoms with van der Waals surface area (Å²) in [6.07, 6.45) is 0. The van der Waals surface area contributed by atoms with Gasteiger partial charge in [0.2, 0.25) is 5.91 Å². The summed E-state index contributed by atoms with van der Waals surface area (Å²) in [4.78, 5) is 16.6. The van der Waals surface area contributed by atoms with Gasteiger partial charge in [0.1, 0.15) is 6.04 Å². The molecule has 1 heterocycles. The van der Waals surface area contributed by atoms with Gasteiger partial charge in [-0.2, -0.15) is 0 Å². The maximum atomic E-state index is 12.1. The van der Waals surface area contributed by atoms with Gasteiger partial charge in [-0.05, 0) is 31.2 Å². The maximum Gasteiger partial charge on any atom is 0.248 e. The summed E-state index contributed by atoms with van der Waals surface area (Å²) in [7, 11) is 0. The lowest BCUT2D eigenvalue weighted by atomic mass is 10.0. The quantitative estimate of drug-likeness (QED) is 0.807. The Morgan fingerprint density at radius 1 is 1.19 bits per heavy atom. The molecule has 0 bridgehead atoms. The van der Waals surface area contributed by atoms with Crippen LogP contribution in [0, 0.1) is 0 Å². The largest absolute Gasteiger partial charge is 0.324 e. The van der Waals surface area contributed by atoms with Crippen LogP contribution >= 0.6 is 27.5 Å². The molecule has 1 aliphatic rings. The Morgan fingerprint density at radius 2 is 1.95 bits per heavy atom. The van der Waals surface area contributed by atoms with Gasteiger partial charge in [-0.25, -0.2) is 0 Å². The first-order valence-electron chi connectivity index (χ1n) is 6.50. The van der Waals surface area contributed by atoms with Gasteiger partial charge in [0.15, 0.2) is 0 Å². The second-order valence-corrected chi connectivity index (χ2v) is 6.14. The third-order valence-electron chi connectivity index (χ3n) is 3.33. The highest BCUT2D eigenvalue weighted by atomic mass is 79.9. The topological polar surface area (TPSA) is 41.5 Å². The van der Waals surface area contributed by atoms with Crippen LogP contribution in [0.3, 0.4) is 0 Å². The van der Waals surface area contributed by atoms with E-state index in [2.05, 4.69) is 26.2 Å². The van der Waals surface area contributed by atoms with E-state index in [0.29, 0.717) is 5.02 Å². The van der Waals surface area contributed by atoms with Crippen molar-refractivity contribution in [3.05, 3.63) is 63.1 Å². The highest BCUT2D eigenvalue weighted by Gasteiger charge is 2.23. The van der Waals surface area contributed by atoms with Crippen LogP contribution in [0.5, 0.6) is 0 Å². The molecule has 0 unspecified atom stereocenters. The lowest BCUT2D eigenvalue weighted by Gasteiger charge is -2.11. The summed E-state index contributed by atoms with van der Waals surface area (Å²) in [6.45, 7) is 1.77. The van der Waals surface area contributed by atoms with E-state index < -0.39 is 6.04 Å². The second-order valence-electron chi connectivity index (χ2n) is 4.81. The summed E-state index contributed by atoms with van der Waals surface area (Å²) < 4.78 is 0.921. The Morgan fingerprint density at radius 3 is 2.71 bits per heavy atom. The van der Waals surface area contributed by atoms with E-state index in [9.17, 15) is 4.79 Å². The number of nitrogens with zero attached hydrogens (tertiary/aromatic N) is 1. The van der Waals surface area contributed by atoms with Crippen LogP contribution in [-0.4, -0.2) is 17.7 Å². The number of hydrogen-bond donors (Lipinski definition) is 1. The van der Waals surface area contributed by atoms with Crippen LogP contribution < -0.4 is 5.32 Å². The number of carbonyl (C=O) groups excluding carboxylic acids is 1. The molecule has 3 rings (SSSR count). The molecule has 106 valence electrons. The summed E-state index contributed by atoms with van der Waals surface area (Å²) in [5.41, 5.74) is 3.14. The van der Waals surface area contributed by atoms with Crippen LogP contribution in [0.15, 0.2) is 51.9 Å². The molecule has 2 aromatic rings. The van der Waals surface area contributed by atoms with Crippen molar-refractivity contribution in [3.8, 4) is 0 Å². The molecule has 0 fully saturated rings. The molecule has 0 saturated heterocycles. The Bertz CT molecular complexity index is 758. The van der Waals surface area contributed by atoms with Crippen molar-refractivity contribution in [2.24, 2.45) is 4.99 Å². The first-order valence-corrected chi connectivity index (χ1v) is 7.67. The van der Waals surface area contributed by atoms with Gasteiger partial charge in [0, 0.05) is 20.6 Å². The maximum absolute atomic E-state index is 12.1. The lowest BCUT2D eigenvalue weighted by Crippen LogP contribution is -2.22. The molecular formula is C16H12BrClN2O. The van der Waals surface area contributed by atoms with Gasteiger partial charge in [0.05, 0.1) is 11.4 Å². The van der Waals surface area contributed by atoms with E-state index in [-0.39, 0.29) is 5.91 Å². The molecule has 0 spiro atoms. The zero-order chi connectivity index (χ0) is 15.0. The molecule has 1 amide bonds. The van der Waals surface area contributed by atoms with Gasteiger partial charge < -0.3 is 5.32 Å². The molecule has 21 heavy (non-hydrogen) atoms. The van der Waals surface area contributed by atoms with Gasteiger partial charge in [-0.15, -0.1) is 0 Å². The van der Waals surface area contributed by atoms with Crippen LogP contribution in [0.25, 0.3) is 0 Å². The highest BCUT2D eigenvalue weighted by molar-refractivity contribution is 9.10.